The van der Waals surface area contributed by atoms with E-state index in [1.807, 2.05) is 93.6 Å². The summed E-state index contributed by atoms with van der Waals surface area (Å²) in [4.78, 5) is 13.4. The summed E-state index contributed by atoms with van der Waals surface area (Å²) in [6, 6.07) is 23.9. The summed E-state index contributed by atoms with van der Waals surface area (Å²) < 4.78 is 18.6. The molecule has 4 aromatic rings. The monoisotopic (exact) mass is 519 g/mol. The Labute approximate surface area is 230 Å². The molecule has 3 aromatic carbocycles. The topological polar surface area (TPSA) is 66.4 Å². The fraction of sp³-hybridized carbons (Fsp3) is 0.182. The molecule has 0 bridgehead atoms. The predicted octanol–water partition coefficient (Wildman–Crippen LogP) is 7.72. The summed E-state index contributed by atoms with van der Waals surface area (Å²) in [6.07, 6.45) is 3.62. The Morgan fingerprint density at radius 2 is 0.744 bits per heavy atom. The molecule has 198 valence electrons. The third-order valence-electron chi connectivity index (χ3n) is 6.40. The third kappa shape index (κ3) is 6.60. The van der Waals surface area contributed by atoms with Crippen LogP contribution in [0.4, 0.5) is 0 Å². The summed E-state index contributed by atoms with van der Waals surface area (Å²) in [5.41, 5.74) is 6.02. The quantitative estimate of drug-likeness (QED) is 0.179. The molecule has 0 radical (unpaired) electrons. The fourth-order valence-electron chi connectivity index (χ4n) is 4.25. The lowest BCUT2D eigenvalue weighted by atomic mass is 10.0. The van der Waals surface area contributed by atoms with Crippen molar-refractivity contribution in [2.45, 2.75) is 39.1 Å². The summed E-state index contributed by atoms with van der Waals surface area (Å²) in [5.74, 6) is 0. The van der Waals surface area contributed by atoms with Gasteiger partial charge in [-0.2, -0.15) is 0 Å². The number of aromatic nitrogens is 3. The molecular formula is C33H33N3O3. The molecule has 6 nitrogen and oxygen atoms in total. The van der Waals surface area contributed by atoms with E-state index >= 15 is 0 Å². The van der Waals surface area contributed by atoms with Crippen LogP contribution in [0.5, 0.6) is 18.0 Å². The van der Waals surface area contributed by atoms with Crippen LogP contribution in [0.3, 0.4) is 0 Å². The van der Waals surface area contributed by atoms with E-state index in [0.717, 1.165) is 33.4 Å². The maximum Gasteiger partial charge on any atom is 0.326 e. The molecule has 3 atom stereocenters. The van der Waals surface area contributed by atoms with Gasteiger partial charge in [0.25, 0.3) is 0 Å². The lowest BCUT2D eigenvalue weighted by molar-refractivity contribution is 0.182. The Balaban J connectivity index is 1.72. The van der Waals surface area contributed by atoms with E-state index in [4.69, 9.17) is 14.2 Å². The zero-order valence-corrected chi connectivity index (χ0v) is 22.6. The summed E-state index contributed by atoms with van der Waals surface area (Å²) in [5, 5.41) is 0. The molecule has 3 unspecified atom stereocenters. The van der Waals surface area contributed by atoms with Crippen LogP contribution < -0.4 is 14.2 Å². The van der Waals surface area contributed by atoms with Crippen LogP contribution >= 0.6 is 0 Å². The van der Waals surface area contributed by atoms with Crippen molar-refractivity contribution in [3.63, 3.8) is 0 Å². The maximum absolute atomic E-state index is 6.21. The smallest absolute Gasteiger partial charge is 0.326 e. The average molecular weight is 520 g/mol. The SMILES string of the molecule is C=CC(Oc1nc(OC(C=C)c2ccccc2C)nc(OC(C=C)c2ccccc2C)n1)c1ccccc1C. The van der Waals surface area contributed by atoms with E-state index < -0.39 is 18.3 Å². The first-order valence-corrected chi connectivity index (χ1v) is 12.7. The largest absolute Gasteiger partial charge is 0.451 e. The molecule has 0 aliphatic rings. The van der Waals surface area contributed by atoms with Crippen molar-refractivity contribution >= 4 is 0 Å². The van der Waals surface area contributed by atoms with Crippen molar-refractivity contribution in [1.29, 1.82) is 0 Å². The molecule has 1 heterocycles. The highest BCUT2D eigenvalue weighted by Gasteiger charge is 2.21. The molecule has 0 saturated heterocycles. The molecule has 0 aliphatic carbocycles. The highest BCUT2D eigenvalue weighted by atomic mass is 16.5. The molecule has 0 N–H and O–H groups in total. The average Bonchev–Trinajstić information content (AvgIpc) is 2.94. The highest BCUT2D eigenvalue weighted by Crippen LogP contribution is 2.30. The molecule has 39 heavy (non-hydrogen) atoms. The van der Waals surface area contributed by atoms with Gasteiger partial charge in [0.05, 0.1) is 0 Å². The van der Waals surface area contributed by atoms with E-state index in [1.165, 1.54) is 0 Å². The van der Waals surface area contributed by atoms with Gasteiger partial charge in [-0.15, -0.1) is 15.0 Å². The van der Waals surface area contributed by atoms with Crippen LogP contribution in [0.25, 0.3) is 0 Å². The second-order valence-electron chi connectivity index (χ2n) is 9.08. The van der Waals surface area contributed by atoms with E-state index in [1.54, 1.807) is 18.2 Å². The molecule has 1 aromatic heterocycles. The first-order chi connectivity index (χ1) is 18.9. The van der Waals surface area contributed by atoms with Gasteiger partial charge in [-0.3, -0.25) is 0 Å². The Hall–Kier alpha value is -4.71. The van der Waals surface area contributed by atoms with Gasteiger partial charge in [-0.1, -0.05) is 92.5 Å². The van der Waals surface area contributed by atoms with Crippen LogP contribution in [0, 0.1) is 20.8 Å². The van der Waals surface area contributed by atoms with Crippen LogP contribution in [0.15, 0.2) is 111 Å². The van der Waals surface area contributed by atoms with Gasteiger partial charge >= 0.3 is 18.0 Å². The Morgan fingerprint density at radius 3 is 0.974 bits per heavy atom. The molecule has 0 fully saturated rings. The number of hydrogen-bond acceptors (Lipinski definition) is 6. The number of benzene rings is 3. The Kier molecular flexibility index (Phi) is 8.90. The van der Waals surface area contributed by atoms with Gasteiger partial charge in [-0.05, 0) is 72.4 Å². The standard InChI is InChI=1S/C33H33N3O3/c1-7-28(25-19-13-10-16-22(25)4)37-31-34-32(38-29(8-2)26-20-14-11-17-23(26)5)36-33(35-31)39-30(9-3)27-21-15-12-18-24(27)6/h7-21,28-30H,1-3H2,4-6H3. The van der Waals surface area contributed by atoms with Crippen molar-refractivity contribution in [1.82, 2.24) is 15.0 Å². The first-order valence-electron chi connectivity index (χ1n) is 12.7. The molecule has 0 spiro atoms. The zero-order valence-electron chi connectivity index (χ0n) is 22.6. The van der Waals surface area contributed by atoms with E-state index in [2.05, 4.69) is 34.7 Å². The maximum atomic E-state index is 6.21. The van der Waals surface area contributed by atoms with Gasteiger partial charge in [0, 0.05) is 0 Å². The predicted molar refractivity (Wildman–Crippen MR) is 154 cm³/mol. The minimum atomic E-state index is -0.493. The number of aryl methyl sites for hydroxylation is 3. The molecule has 4 rings (SSSR count). The van der Waals surface area contributed by atoms with Gasteiger partial charge in [0.15, 0.2) is 0 Å². The molecule has 0 aliphatic heterocycles. The lowest BCUT2D eigenvalue weighted by Crippen LogP contribution is -2.14. The van der Waals surface area contributed by atoms with E-state index in [9.17, 15) is 0 Å². The first kappa shape index (κ1) is 27.3. The van der Waals surface area contributed by atoms with E-state index in [-0.39, 0.29) is 18.0 Å². The van der Waals surface area contributed by atoms with Gasteiger partial charge in [0.2, 0.25) is 0 Å². The number of hydrogen-bond donors (Lipinski definition) is 0. The van der Waals surface area contributed by atoms with Crippen LogP contribution in [0.2, 0.25) is 0 Å². The second-order valence-corrected chi connectivity index (χ2v) is 9.08. The van der Waals surface area contributed by atoms with Crippen molar-refractivity contribution < 1.29 is 14.2 Å². The number of nitrogens with zero attached hydrogens (tertiary/aromatic N) is 3. The third-order valence-corrected chi connectivity index (χ3v) is 6.40. The highest BCUT2D eigenvalue weighted by molar-refractivity contribution is 5.33. The summed E-state index contributed by atoms with van der Waals surface area (Å²) in [7, 11) is 0. The van der Waals surface area contributed by atoms with Crippen molar-refractivity contribution in [3.8, 4) is 18.0 Å². The molecule has 0 saturated carbocycles. The normalized spacial score (nSPS) is 13.0. The Morgan fingerprint density at radius 1 is 0.487 bits per heavy atom. The number of rotatable bonds is 12. The minimum absolute atomic E-state index is 0.0448. The van der Waals surface area contributed by atoms with Crippen LogP contribution in [0.1, 0.15) is 51.7 Å². The summed E-state index contributed by atoms with van der Waals surface area (Å²) >= 11 is 0. The molecule has 0 amide bonds. The summed E-state index contributed by atoms with van der Waals surface area (Å²) in [6.45, 7) is 17.9. The van der Waals surface area contributed by atoms with Crippen LogP contribution in [-0.4, -0.2) is 15.0 Å². The van der Waals surface area contributed by atoms with Crippen molar-refractivity contribution in [2.24, 2.45) is 0 Å². The van der Waals surface area contributed by atoms with Gasteiger partial charge < -0.3 is 14.2 Å². The lowest BCUT2D eigenvalue weighted by Gasteiger charge is -2.20. The second kappa shape index (κ2) is 12.7. The Bertz CT molecular complexity index is 1280. The number of ether oxygens (including phenoxy) is 3. The van der Waals surface area contributed by atoms with Crippen molar-refractivity contribution in [2.75, 3.05) is 0 Å². The fourth-order valence-corrected chi connectivity index (χ4v) is 4.25. The van der Waals surface area contributed by atoms with Gasteiger partial charge in [-0.25, -0.2) is 0 Å². The molecular weight excluding hydrogens is 486 g/mol. The molecule has 6 heteroatoms. The van der Waals surface area contributed by atoms with Gasteiger partial charge in [0.1, 0.15) is 18.3 Å². The zero-order chi connectivity index (χ0) is 27.8. The van der Waals surface area contributed by atoms with Crippen molar-refractivity contribution in [3.05, 3.63) is 144 Å². The minimum Gasteiger partial charge on any atom is -0.451 e. The van der Waals surface area contributed by atoms with E-state index in [0.29, 0.717) is 0 Å². The van der Waals surface area contributed by atoms with Crippen LogP contribution in [-0.2, 0) is 0 Å².